The van der Waals surface area contributed by atoms with Gasteiger partial charge in [-0.1, -0.05) is 30.3 Å². The molecule has 1 aliphatic rings. The minimum atomic E-state index is -1.29. The Morgan fingerprint density at radius 2 is 1.91 bits per heavy atom. The van der Waals surface area contributed by atoms with Gasteiger partial charge in [0, 0.05) is 31.6 Å². The second-order valence-corrected chi connectivity index (χ2v) is 5.48. The van der Waals surface area contributed by atoms with Crippen LogP contribution in [0, 0.1) is 0 Å². The van der Waals surface area contributed by atoms with Crippen molar-refractivity contribution in [3.8, 4) is 11.3 Å². The molecule has 1 fully saturated rings. The zero-order valence-corrected chi connectivity index (χ0v) is 12.4. The summed E-state index contributed by atoms with van der Waals surface area (Å²) in [6.45, 7) is 0.618. The molecule has 0 spiro atoms. The fraction of sp³-hybridized carbons (Fsp3) is 0.312. The highest BCUT2D eigenvalue weighted by molar-refractivity contribution is 6.02. The Hall–Kier alpha value is -2.67. The molecule has 1 aromatic heterocycles. The van der Waals surface area contributed by atoms with E-state index in [9.17, 15) is 14.7 Å². The lowest BCUT2D eigenvalue weighted by molar-refractivity contribution is -0.148. The topological polar surface area (TPSA) is 104 Å². The van der Waals surface area contributed by atoms with E-state index in [-0.39, 0.29) is 12.8 Å². The van der Waals surface area contributed by atoms with Crippen molar-refractivity contribution in [2.24, 2.45) is 0 Å². The summed E-state index contributed by atoms with van der Waals surface area (Å²) in [5.41, 5.74) is 0.408. The molecule has 3 rings (SSSR count). The Kier molecular flexibility index (Phi) is 4.12. The van der Waals surface area contributed by atoms with Crippen LogP contribution in [0.2, 0.25) is 0 Å². The zero-order chi connectivity index (χ0) is 16.3. The molecule has 120 valence electrons. The molecule has 7 heteroatoms. The molecular formula is C16H17N3O4. The van der Waals surface area contributed by atoms with Crippen LogP contribution in [0.4, 0.5) is 0 Å². The summed E-state index contributed by atoms with van der Waals surface area (Å²) < 4.78 is 5.21. The number of hydrogen-bond donors (Lipinski definition) is 3. The van der Waals surface area contributed by atoms with Gasteiger partial charge in [0.15, 0.2) is 0 Å². The van der Waals surface area contributed by atoms with E-state index in [4.69, 9.17) is 4.74 Å². The van der Waals surface area contributed by atoms with Crippen molar-refractivity contribution in [1.82, 2.24) is 15.5 Å². The van der Waals surface area contributed by atoms with Gasteiger partial charge >= 0.3 is 5.97 Å². The molecule has 1 amide bonds. The molecule has 0 bridgehead atoms. The Morgan fingerprint density at radius 1 is 1.22 bits per heavy atom. The maximum atomic E-state index is 12.6. The van der Waals surface area contributed by atoms with Crippen molar-refractivity contribution in [3.63, 3.8) is 0 Å². The number of nitrogens with one attached hydrogen (secondary N) is 2. The molecule has 2 aromatic rings. The highest BCUT2D eigenvalue weighted by atomic mass is 16.5. The normalized spacial score (nSPS) is 16.7. The van der Waals surface area contributed by atoms with E-state index in [0.29, 0.717) is 24.5 Å². The summed E-state index contributed by atoms with van der Waals surface area (Å²) in [5, 5.41) is 18.9. The first-order valence-corrected chi connectivity index (χ1v) is 7.35. The molecule has 1 saturated heterocycles. The Balaban J connectivity index is 1.87. The standard InChI is InChI=1S/C16H17N3O4/c20-14(18-16(15(21)22)6-8-23-9-7-16)12-10-17-19-13(12)11-4-2-1-3-5-11/h1-5,10H,6-9H2,(H,17,19)(H,18,20)(H,21,22). The average Bonchev–Trinajstić information content (AvgIpc) is 3.06. The van der Waals surface area contributed by atoms with Gasteiger partial charge in [-0.15, -0.1) is 0 Å². The number of carbonyl (C=O) groups excluding carboxylic acids is 1. The number of carboxylic acid groups (broad SMARTS) is 1. The quantitative estimate of drug-likeness (QED) is 0.792. The van der Waals surface area contributed by atoms with E-state index >= 15 is 0 Å². The number of carbonyl (C=O) groups is 2. The number of aromatic nitrogens is 2. The number of ether oxygens (including phenoxy) is 1. The first kappa shape index (κ1) is 15.2. The summed E-state index contributed by atoms with van der Waals surface area (Å²) >= 11 is 0. The molecule has 2 heterocycles. The predicted octanol–water partition coefficient (Wildman–Crippen LogP) is 1.44. The van der Waals surface area contributed by atoms with Gasteiger partial charge in [-0.3, -0.25) is 9.89 Å². The molecule has 23 heavy (non-hydrogen) atoms. The first-order valence-electron chi connectivity index (χ1n) is 7.35. The van der Waals surface area contributed by atoms with Gasteiger partial charge in [0.05, 0.1) is 17.5 Å². The number of aromatic amines is 1. The number of benzene rings is 1. The van der Waals surface area contributed by atoms with Crippen LogP contribution in [-0.2, 0) is 9.53 Å². The molecule has 3 N–H and O–H groups in total. The van der Waals surface area contributed by atoms with Gasteiger partial charge in [0.1, 0.15) is 5.54 Å². The lowest BCUT2D eigenvalue weighted by Gasteiger charge is -2.33. The summed E-state index contributed by atoms with van der Waals surface area (Å²) in [6.07, 6.45) is 1.89. The van der Waals surface area contributed by atoms with E-state index in [2.05, 4.69) is 15.5 Å². The third-order valence-electron chi connectivity index (χ3n) is 4.05. The van der Waals surface area contributed by atoms with Crippen LogP contribution in [0.5, 0.6) is 0 Å². The minimum Gasteiger partial charge on any atom is -0.480 e. The lowest BCUT2D eigenvalue weighted by Crippen LogP contribution is -2.57. The Labute approximate surface area is 132 Å². The van der Waals surface area contributed by atoms with Gasteiger partial charge in [0.2, 0.25) is 0 Å². The van der Waals surface area contributed by atoms with Crippen molar-refractivity contribution >= 4 is 11.9 Å². The molecule has 0 saturated carbocycles. The fourth-order valence-electron chi connectivity index (χ4n) is 2.68. The van der Waals surface area contributed by atoms with Gasteiger partial charge < -0.3 is 15.2 Å². The number of amides is 1. The van der Waals surface area contributed by atoms with Crippen molar-refractivity contribution < 1.29 is 19.4 Å². The Bertz CT molecular complexity index is 705. The van der Waals surface area contributed by atoms with Gasteiger partial charge in [-0.25, -0.2) is 4.79 Å². The zero-order valence-electron chi connectivity index (χ0n) is 12.4. The van der Waals surface area contributed by atoms with Crippen LogP contribution in [-0.4, -0.2) is 45.9 Å². The SMILES string of the molecule is O=C(NC1(C(=O)O)CCOCC1)c1cn[nH]c1-c1ccccc1. The summed E-state index contributed by atoms with van der Waals surface area (Å²) in [7, 11) is 0. The third-order valence-corrected chi connectivity index (χ3v) is 4.05. The molecule has 0 unspecified atom stereocenters. The van der Waals surface area contributed by atoms with Crippen LogP contribution < -0.4 is 5.32 Å². The van der Waals surface area contributed by atoms with Crippen molar-refractivity contribution in [2.45, 2.75) is 18.4 Å². The molecule has 0 aliphatic carbocycles. The monoisotopic (exact) mass is 315 g/mol. The average molecular weight is 315 g/mol. The first-order chi connectivity index (χ1) is 11.1. The smallest absolute Gasteiger partial charge is 0.329 e. The fourth-order valence-corrected chi connectivity index (χ4v) is 2.68. The van der Waals surface area contributed by atoms with Crippen molar-refractivity contribution in [2.75, 3.05) is 13.2 Å². The second kappa shape index (κ2) is 6.21. The van der Waals surface area contributed by atoms with Crippen molar-refractivity contribution in [1.29, 1.82) is 0 Å². The molecule has 1 aliphatic heterocycles. The number of hydrogen-bond acceptors (Lipinski definition) is 4. The van der Waals surface area contributed by atoms with Crippen LogP contribution in [0.3, 0.4) is 0 Å². The Morgan fingerprint density at radius 3 is 2.57 bits per heavy atom. The summed E-state index contributed by atoms with van der Waals surface area (Å²) in [5.74, 6) is -1.50. The minimum absolute atomic E-state index is 0.243. The van der Waals surface area contributed by atoms with Gasteiger partial charge in [-0.2, -0.15) is 5.10 Å². The van der Waals surface area contributed by atoms with E-state index in [0.717, 1.165) is 5.56 Å². The molecule has 0 radical (unpaired) electrons. The molecular weight excluding hydrogens is 298 g/mol. The summed E-state index contributed by atoms with van der Waals surface area (Å²) in [6, 6.07) is 9.29. The van der Waals surface area contributed by atoms with Crippen LogP contribution >= 0.6 is 0 Å². The van der Waals surface area contributed by atoms with Crippen LogP contribution in [0.1, 0.15) is 23.2 Å². The molecule has 0 atom stereocenters. The number of H-pyrrole nitrogens is 1. The lowest BCUT2D eigenvalue weighted by atomic mass is 9.89. The van der Waals surface area contributed by atoms with Crippen LogP contribution in [0.15, 0.2) is 36.5 Å². The number of aliphatic carboxylic acids is 1. The predicted molar refractivity (Wildman–Crippen MR) is 81.9 cm³/mol. The van der Waals surface area contributed by atoms with Gasteiger partial charge in [-0.05, 0) is 0 Å². The van der Waals surface area contributed by atoms with E-state index in [1.807, 2.05) is 30.3 Å². The summed E-state index contributed by atoms with van der Waals surface area (Å²) in [4.78, 5) is 24.2. The highest BCUT2D eigenvalue weighted by Crippen LogP contribution is 2.24. The van der Waals surface area contributed by atoms with E-state index < -0.39 is 17.4 Å². The van der Waals surface area contributed by atoms with Gasteiger partial charge in [0.25, 0.3) is 5.91 Å². The maximum absolute atomic E-state index is 12.6. The third kappa shape index (κ3) is 2.95. The van der Waals surface area contributed by atoms with E-state index in [1.165, 1.54) is 6.20 Å². The highest BCUT2D eigenvalue weighted by Gasteiger charge is 2.42. The second-order valence-electron chi connectivity index (χ2n) is 5.48. The number of carboxylic acids is 1. The number of rotatable bonds is 4. The molecule has 1 aromatic carbocycles. The van der Waals surface area contributed by atoms with E-state index in [1.54, 1.807) is 0 Å². The molecule has 7 nitrogen and oxygen atoms in total. The maximum Gasteiger partial charge on any atom is 0.329 e. The number of nitrogens with zero attached hydrogens (tertiary/aromatic N) is 1. The van der Waals surface area contributed by atoms with Crippen molar-refractivity contribution in [3.05, 3.63) is 42.1 Å². The van der Waals surface area contributed by atoms with Crippen LogP contribution in [0.25, 0.3) is 11.3 Å². The largest absolute Gasteiger partial charge is 0.480 e.